The molecule has 0 unspecified atom stereocenters. The largest absolute Gasteiger partial charge is 0.508 e. The molecule has 1 aromatic rings. The number of unbranched alkanes of at least 4 members (excludes halogenated alkanes) is 1. The molecule has 8 heteroatoms. The minimum atomic E-state index is -0.696. The van der Waals surface area contributed by atoms with Crippen LogP contribution in [0.25, 0.3) is 0 Å². The molecule has 0 saturated carbocycles. The molecule has 0 aromatic heterocycles. The molecule has 2 amide bonds. The summed E-state index contributed by atoms with van der Waals surface area (Å²) in [6.45, 7) is 1.02. The molecule has 0 spiro atoms. The van der Waals surface area contributed by atoms with Gasteiger partial charge in [-0.15, -0.1) is 0 Å². The van der Waals surface area contributed by atoms with Crippen LogP contribution in [0.1, 0.15) is 37.7 Å². The number of phenols is 1. The van der Waals surface area contributed by atoms with Gasteiger partial charge in [-0.2, -0.15) is 0 Å². The normalized spacial score (nSPS) is 18.3. The molecule has 159 valence electrons. The summed E-state index contributed by atoms with van der Waals surface area (Å²) in [6.07, 6.45) is 5.65. The van der Waals surface area contributed by atoms with Gasteiger partial charge in [0.25, 0.3) is 0 Å². The maximum Gasteiger partial charge on any atom is 0.245 e. The molecule has 8 nitrogen and oxygen atoms in total. The van der Waals surface area contributed by atoms with Crippen molar-refractivity contribution in [2.75, 3.05) is 20.1 Å². The van der Waals surface area contributed by atoms with Crippen LogP contribution in [0.2, 0.25) is 0 Å². The number of hydrogen-bond acceptors (Lipinski definition) is 6. The van der Waals surface area contributed by atoms with Gasteiger partial charge in [0, 0.05) is 6.54 Å². The van der Waals surface area contributed by atoms with Crippen LogP contribution < -0.4 is 16.4 Å². The fourth-order valence-corrected chi connectivity index (χ4v) is 3.57. The van der Waals surface area contributed by atoms with E-state index in [1.807, 2.05) is 6.29 Å². The Morgan fingerprint density at radius 3 is 2.62 bits per heavy atom. The average molecular weight is 404 g/mol. The van der Waals surface area contributed by atoms with E-state index in [1.54, 1.807) is 31.3 Å². The standard InChI is InChI=1S/C21H31N4O4/c1-23-19(13-15-7-9-17(27)10-8-15)20(28)24-18(6-2-3-11-22)21(29)25-12-4-5-16(25)14-26/h7-10,16,18-19,23,27H,2-6,11-13,22H2,1H3,(H,24,28)/t16-,18-,19-/m0/s1. The first-order valence-corrected chi connectivity index (χ1v) is 10.1. The van der Waals surface area contributed by atoms with E-state index in [-0.39, 0.29) is 17.6 Å². The predicted octanol–water partition coefficient (Wildman–Crippen LogP) is 0.237. The molecule has 1 radical (unpaired) electrons. The van der Waals surface area contributed by atoms with E-state index in [1.165, 1.54) is 4.90 Å². The molecule has 1 aliphatic heterocycles. The van der Waals surface area contributed by atoms with Crippen molar-refractivity contribution in [3.63, 3.8) is 0 Å². The van der Waals surface area contributed by atoms with Gasteiger partial charge in [0.15, 0.2) is 0 Å². The van der Waals surface area contributed by atoms with Gasteiger partial charge in [-0.3, -0.25) is 14.4 Å². The van der Waals surface area contributed by atoms with Gasteiger partial charge < -0.3 is 26.4 Å². The number of nitrogens with two attached hydrogens (primary N) is 1. The second kappa shape index (κ2) is 11.5. The zero-order chi connectivity index (χ0) is 21.2. The lowest BCUT2D eigenvalue weighted by Gasteiger charge is -2.28. The molecule has 1 aromatic carbocycles. The van der Waals surface area contributed by atoms with Crippen LogP contribution in [-0.4, -0.2) is 66.4 Å². The van der Waals surface area contributed by atoms with Crippen molar-refractivity contribution in [3.05, 3.63) is 29.8 Å². The van der Waals surface area contributed by atoms with E-state index in [9.17, 15) is 19.5 Å². The highest BCUT2D eigenvalue weighted by atomic mass is 16.3. The zero-order valence-corrected chi connectivity index (χ0v) is 16.9. The topological polar surface area (TPSA) is 125 Å². The number of benzene rings is 1. The third kappa shape index (κ3) is 6.54. The number of nitrogens with one attached hydrogen (secondary N) is 2. The van der Waals surface area contributed by atoms with Crippen LogP contribution in [-0.2, 0) is 20.8 Å². The minimum absolute atomic E-state index is 0.164. The van der Waals surface area contributed by atoms with Gasteiger partial charge in [-0.25, -0.2) is 0 Å². The van der Waals surface area contributed by atoms with Crippen LogP contribution in [0, 0.1) is 0 Å². The molecular formula is C21H31N4O4. The average Bonchev–Trinajstić information content (AvgIpc) is 3.21. The van der Waals surface area contributed by atoms with E-state index in [0.29, 0.717) is 38.8 Å². The molecule has 2 rings (SSSR count). The Morgan fingerprint density at radius 2 is 2.00 bits per heavy atom. The molecule has 0 aliphatic carbocycles. The first kappa shape index (κ1) is 22.8. The summed E-state index contributed by atoms with van der Waals surface area (Å²) in [5.74, 6) is -0.352. The summed E-state index contributed by atoms with van der Waals surface area (Å²) < 4.78 is 0. The van der Waals surface area contributed by atoms with Crippen molar-refractivity contribution >= 4 is 18.1 Å². The van der Waals surface area contributed by atoms with Crippen molar-refractivity contribution in [1.29, 1.82) is 0 Å². The lowest BCUT2D eigenvalue weighted by Crippen LogP contribution is -2.54. The lowest BCUT2D eigenvalue weighted by atomic mass is 10.0. The summed E-state index contributed by atoms with van der Waals surface area (Å²) in [6, 6.07) is 4.89. The van der Waals surface area contributed by atoms with Crippen molar-refractivity contribution in [3.8, 4) is 5.75 Å². The van der Waals surface area contributed by atoms with Crippen LogP contribution in [0.3, 0.4) is 0 Å². The van der Waals surface area contributed by atoms with Crippen molar-refractivity contribution in [1.82, 2.24) is 15.5 Å². The second-order valence-corrected chi connectivity index (χ2v) is 7.36. The van der Waals surface area contributed by atoms with Gasteiger partial charge in [-0.05, 0) is 69.8 Å². The van der Waals surface area contributed by atoms with Crippen molar-refractivity contribution in [2.45, 2.75) is 56.7 Å². The number of amides is 2. The van der Waals surface area contributed by atoms with Gasteiger partial charge >= 0.3 is 0 Å². The number of phenolic OH excluding ortho intramolecular Hbond substituents is 1. The van der Waals surface area contributed by atoms with Crippen LogP contribution >= 0.6 is 0 Å². The van der Waals surface area contributed by atoms with E-state index >= 15 is 0 Å². The number of hydrogen-bond donors (Lipinski definition) is 4. The SMILES string of the molecule is CN[C@@H](Cc1ccc(O)cc1)C(=O)N[C@@H](CCCCN)C(=O)N1CCC[C@H]1[C]=O. The lowest BCUT2D eigenvalue weighted by molar-refractivity contribution is -0.137. The maximum absolute atomic E-state index is 13.0. The number of nitrogens with zero attached hydrogens (tertiary/aromatic N) is 1. The third-order valence-corrected chi connectivity index (χ3v) is 5.27. The fraction of sp³-hybridized carbons (Fsp3) is 0.571. The highest BCUT2D eigenvalue weighted by molar-refractivity contribution is 5.91. The number of carbonyl (C=O) groups is 2. The van der Waals surface area contributed by atoms with Crippen LogP contribution in [0.15, 0.2) is 24.3 Å². The highest BCUT2D eigenvalue weighted by Crippen LogP contribution is 2.18. The van der Waals surface area contributed by atoms with Crippen molar-refractivity contribution < 1.29 is 19.5 Å². The van der Waals surface area contributed by atoms with Gasteiger partial charge in [0.2, 0.25) is 18.1 Å². The van der Waals surface area contributed by atoms with E-state index in [2.05, 4.69) is 10.6 Å². The molecule has 29 heavy (non-hydrogen) atoms. The Hall–Kier alpha value is -2.45. The maximum atomic E-state index is 13.0. The molecule has 0 bridgehead atoms. The number of likely N-dealkylation sites (tertiary alicyclic amines) is 1. The molecule has 5 N–H and O–H groups in total. The molecule has 1 fully saturated rings. The van der Waals surface area contributed by atoms with Gasteiger partial charge in [0.1, 0.15) is 11.8 Å². The predicted molar refractivity (Wildman–Crippen MR) is 110 cm³/mol. The van der Waals surface area contributed by atoms with Crippen LogP contribution in [0.5, 0.6) is 5.75 Å². The van der Waals surface area contributed by atoms with E-state index in [0.717, 1.165) is 18.4 Å². The highest BCUT2D eigenvalue weighted by Gasteiger charge is 2.34. The monoisotopic (exact) mass is 403 g/mol. The Kier molecular flexibility index (Phi) is 9.08. The number of likely N-dealkylation sites (N-methyl/N-ethyl adjacent to an activating group) is 1. The Bertz CT molecular complexity index is 680. The molecular weight excluding hydrogens is 372 g/mol. The second-order valence-electron chi connectivity index (χ2n) is 7.36. The summed E-state index contributed by atoms with van der Waals surface area (Å²) >= 11 is 0. The summed E-state index contributed by atoms with van der Waals surface area (Å²) in [4.78, 5) is 38.5. The van der Waals surface area contributed by atoms with E-state index in [4.69, 9.17) is 5.73 Å². The quantitative estimate of drug-likeness (QED) is 0.392. The van der Waals surface area contributed by atoms with Gasteiger partial charge in [-0.1, -0.05) is 12.1 Å². The Balaban J connectivity index is 2.06. The molecule has 1 heterocycles. The molecule has 1 aliphatic rings. The number of rotatable bonds is 11. The van der Waals surface area contributed by atoms with Crippen LogP contribution in [0.4, 0.5) is 0 Å². The first-order chi connectivity index (χ1) is 14.0. The molecule has 3 atom stereocenters. The third-order valence-electron chi connectivity index (χ3n) is 5.27. The van der Waals surface area contributed by atoms with E-state index < -0.39 is 18.1 Å². The van der Waals surface area contributed by atoms with Crippen molar-refractivity contribution in [2.24, 2.45) is 5.73 Å². The molecule has 1 saturated heterocycles. The van der Waals surface area contributed by atoms with Gasteiger partial charge in [0.05, 0.1) is 12.1 Å². The number of carbonyl (C=O) groups excluding carboxylic acids is 3. The summed E-state index contributed by atoms with van der Waals surface area (Å²) in [5, 5.41) is 15.3. The zero-order valence-electron chi connectivity index (χ0n) is 16.9. The first-order valence-electron chi connectivity index (χ1n) is 10.1. The summed E-state index contributed by atoms with van der Waals surface area (Å²) in [5.41, 5.74) is 6.45. The Labute approximate surface area is 171 Å². The number of aromatic hydroxyl groups is 1. The Morgan fingerprint density at radius 1 is 1.28 bits per heavy atom. The smallest absolute Gasteiger partial charge is 0.245 e. The fourth-order valence-electron chi connectivity index (χ4n) is 3.57. The summed E-state index contributed by atoms with van der Waals surface area (Å²) in [7, 11) is 1.69. The minimum Gasteiger partial charge on any atom is -0.508 e.